The van der Waals surface area contributed by atoms with E-state index in [0.717, 1.165) is 36.0 Å². The number of thiocarbonyl (C=S) groups is 1. The van der Waals surface area contributed by atoms with E-state index in [1.807, 2.05) is 13.0 Å². The SMILES string of the molecule is Cc1ccnc(NCCOCC2CC2)c1C(N)=S. The first-order valence-electron chi connectivity index (χ1n) is 6.25. The molecule has 0 aliphatic heterocycles. The number of hydrogen-bond acceptors (Lipinski definition) is 4. The molecule has 0 bridgehead atoms. The van der Waals surface area contributed by atoms with Gasteiger partial charge in [-0.15, -0.1) is 0 Å². The maximum absolute atomic E-state index is 5.71. The lowest BCUT2D eigenvalue weighted by Crippen LogP contribution is -2.18. The molecule has 0 unspecified atom stereocenters. The summed E-state index contributed by atoms with van der Waals surface area (Å²) in [5.41, 5.74) is 7.58. The highest BCUT2D eigenvalue weighted by Gasteiger charge is 2.20. The van der Waals surface area contributed by atoms with Gasteiger partial charge in [0.05, 0.1) is 12.2 Å². The van der Waals surface area contributed by atoms with Gasteiger partial charge in [0.25, 0.3) is 0 Å². The molecule has 1 aliphatic carbocycles. The molecule has 4 nitrogen and oxygen atoms in total. The van der Waals surface area contributed by atoms with Crippen LogP contribution in [0.15, 0.2) is 12.3 Å². The summed E-state index contributed by atoms with van der Waals surface area (Å²) in [7, 11) is 0. The second-order valence-electron chi connectivity index (χ2n) is 4.66. The van der Waals surface area contributed by atoms with E-state index in [1.165, 1.54) is 12.8 Å². The summed E-state index contributed by atoms with van der Waals surface area (Å²) in [6.45, 7) is 4.26. The van der Waals surface area contributed by atoms with Crippen LogP contribution in [-0.4, -0.2) is 29.7 Å². The Bertz CT molecular complexity index is 432. The third-order valence-electron chi connectivity index (χ3n) is 3.00. The Kier molecular flexibility index (Phi) is 4.49. The van der Waals surface area contributed by atoms with E-state index in [-0.39, 0.29) is 0 Å². The van der Waals surface area contributed by atoms with Crippen molar-refractivity contribution in [1.82, 2.24) is 4.98 Å². The van der Waals surface area contributed by atoms with Gasteiger partial charge in [0.15, 0.2) is 0 Å². The van der Waals surface area contributed by atoms with Gasteiger partial charge < -0.3 is 15.8 Å². The minimum atomic E-state index is 0.377. The van der Waals surface area contributed by atoms with Crippen LogP contribution in [0.4, 0.5) is 5.82 Å². The molecule has 1 heterocycles. The van der Waals surface area contributed by atoms with Crippen molar-refractivity contribution in [3.63, 3.8) is 0 Å². The summed E-state index contributed by atoms with van der Waals surface area (Å²) in [5, 5.41) is 3.23. The van der Waals surface area contributed by atoms with E-state index in [0.29, 0.717) is 11.6 Å². The zero-order valence-electron chi connectivity index (χ0n) is 10.6. The summed E-state index contributed by atoms with van der Waals surface area (Å²) >= 11 is 5.05. The quantitative estimate of drug-likeness (QED) is 0.582. The molecule has 3 N–H and O–H groups in total. The lowest BCUT2D eigenvalue weighted by molar-refractivity contribution is 0.134. The Balaban J connectivity index is 1.83. The van der Waals surface area contributed by atoms with Gasteiger partial charge in [0.2, 0.25) is 0 Å². The molecule has 0 radical (unpaired) electrons. The Morgan fingerprint density at radius 1 is 1.61 bits per heavy atom. The third kappa shape index (κ3) is 3.65. The first kappa shape index (κ1) is 13.2. The monoisotopic (exact) mass is 265 g/mol. The van der Waals surface area contributed by atoms with Crippen LogP contribution >= 0.6 is 12.2 Å². The van der Waals surface area contributed by atoms with E-state index in [1.54, 1.807) is 6.20 Å². The number of hydrogen-bond donors (Lipinski definition) is 2. The molecule has 0 saturated heterocycles. The first-order valence-corrected chi connectivity index (χ1v) is 6.66. The van der Waals surface area contributed by atoms with Crippen LogP contribution in [0, 0.1) is 12.8 Å². The summed E-state index contributed by atoms with van der Waals surface area (Å²) in [5.74, 6) is 1.55. The van der Waals surface area contributed by atoms with Crippen molar-refractivity contribution in [3.05, 3.63) is 23.4 Å². The average Bonchev–Trinajstić information content (AvgIpc) is 3.12. The molecule has 98 valence electrons. The van der Waals surface area contributed by atoms with Crippen LogP contribution in [0.2, 0.25) is 0 Å². The average molecular weight is 265 g/mol. The van der Waals surface area contributed by atoms with Gasteiger partial charge in [-0.1, -0.05) is 12.2 Å². The van der Waals surface area contributed by atoms with Crippen LogP contribution < -0.4 is 11.1 Å². The maximum atomic E-state index is 5.71. The van der Waals surface area contributed by atoms with Gasteiger partial charge >= 0.3 is 0 Å². The zero-order chi connectivity index (χ0) is 13.0. The highest BCUT2D eigenvalue weighted by molar-refractivity contribution is 7.80. The molecule has 18 heavy (non-hydrogen) atoms. The molecular formula is C13H19N3OS. The summed E-state index contributed by atoms with van der Waals surface area (Å²) in [6, 6.07) is 1.91. The molecule has 1 saturated carbocycles. The van der Waals surface area contributed by atoms with E-state index in [9.17, 15) is 0 Å². The predicted octanol–water partition coefficient (Wildman–Crippen LogP) is 1.86. The second kappa shape index (κ2) is 6.11. The van der Waals surface area contributed by atoms with Crippen molar-refractivity contribution in [3.8, 4) is 0 Å². The van der Waals surface area contributed by atoms with Crippen molar-refractivity contribution in [2.45, 2.75) is 19.8 Å². The van der Waals surface area contributed by atoms with Gasteiger partial charge in [-0.2, -0.15) is 0 Å². The molecule has 0 aromatic carbocycles. The topological polar surface area (TPSA) is 60.2 Å². The van der Waals surface area contributed by atoms with Crippen molar-refractivity contribution in [1.29, 1.82) is 0 Å². The standard InChI is InChI=1S/C13H19N3OS/c1-9-4-5-15-13(11(9)12(14)18)16-6-7-17-8-10-2-3-10/h4-5,10H,2-3,6-8H2,1H3,(H2,14,18)(H,15,16). The molecule has 0 amide bonds. The highest BCUT2D eigenvalue weighted by Crippen LogP contribution is 2.28. The number of ether oxygens (including phenoxy) is 1. The minimum Gasteiger partial charge on any atom is -0.389 e. The zero-order valence-corrected chi connectivity index (χ0v) is 11.4. The van der Waals surface area contributed by atoms with Gasteiger partial charge in [-0.3, -0.25) is 0 Å². The van der Waals surface area contributed by atoms with Crippen molar-refractivity contribution in [2.24, 2.45) is 11.7 Å². The molecule has 1 aromatic heterocycles. The van der Waals surface area contributed by atoms with Gasteiger partial charge in [0.1, 0.15) is 10.8 Å². The Labute approximate surface area is 113 Å². The minimum absolute atomic E-state index is 0.377. The highest BCUT2D eigenvalue weighted by atomic mass is 32.1. The van der Waals surface area contributed by atoms with E-state index >= 15 is 0 Å². The van der Waals surface area contributed by atoms with Gasteiger partial charge in [0, 0.05) is 19.3 Å². The third-order valence-corrected chi connectivity index (χ3v) is 3.20. The number of nitrogens with one attached hydrogen (secondary N) is 1. The fraction of sp³-hybridized carbons (Fsp3) is 0.538. The number of nitrogens with zero attached hydrogens (tertiary/aromatic N) is 1. The number of aryl methyl sites for hydroxylation is 1. The Morgan fingerprint density at radius 2 is 2.39 bits per heavy atom. The lowest BCUT2D eigenvalue weighted by Gasteiger charge is -2.12. The second-order valence-corrected chi connectivity index (χ2v) is 5.10. The first-order chi connectivity index (χ1) is 8.68. The Morgan fingerprint density at radius 3 is 3.06 bits per heavy atom. The summed E-state index contributed by atoms with van der Waals surface area (Å²) in [6.07, 6.45) is 4.39. The molecule has 5 heteroatoms. The van der Waals surface area contributed by atoms with Crippen molar-refractivity contribution < 1.29 is 4.74 Å². The van der Waals surface area contributed by atoms with Gasteiger partial charge in [-0.05, 0) is 37.3 Å². The van der Waals surface area contributed by atoms with E-state index in [4.69, 9.17) is 22.7 Å². The van der Waals surface area contributed by atoms with Crippen LogP contribution in [0.5, 0.6) is 0 Å². The number of aromatic nitrogens is 1. The summed E-state index contributed by atoms with van der Waals surface area (Å²) < 4.78 is 5.56. The number of pyridine rings is 1. The van der Waals surface area contributed by atoms with Crippen LogP contribution in [-0.2, 0) is 4.74 Å². The molecule has 0 spiro atoms. The van der Waals surface area contributed by atoms with E-state index < -0.39 is 0 Å². The Hall–Kier alpha value is -1.20. The number of rotatable bonds is 7. The summed E-state index contributed by atoms with van der Waals surface area (Å²) in [4.78, 5) is 4.65. The van der Waals surface area contributed by atoms with Gasteiger partial charge in [-0.25, -0.2) is 4.98 Å². The molecular weight excluding hydrogens is 246 g/mol. The molecule has 2 rings (SSSR count). The molecule has 0 atom stereocenters. The fourth-order valence-electron chi connectivity index (χ4n) is 1.78. The predicted molar refractivity (Wildman–Crippen MR) is 76.9 cm³/mol. The van der Waals surface area contributed by atoms with Crippen LogP contribution in [0.1, 0.15) is 24.0 Å². The smallest absolute Gasteiger partial charge is 0.136 e. The van der Waals surface area contributed by atoms with Crippen LogP contribution in [0.25, 0.3) is 0 Å². The lowest BCUT2D eigenvalue weighted by atomic mass is 10.1. The number of nitrogens with two attached hydrogens (primary N) is 1. The maximum Gasteiger partial charge on any atom is 0.136 e. The molecule has 1 aromatic rings. The van der Waals surface area contributed by atoms with E-state index in [2.05, 4.69) is 10.3 Å². The fourth-order valence-corrected chi connectivity index (χ4v) is 2.04. The normalized spacial score (nSPS) is 14.5. The number of anilines is 1. The largest absolute Gasteiger partial charge is 0.389 e. The van der Waals surface area contributed by atoms with Crippen LogP contribution in [0.3, 0.4) is 0 Å². The molecule has 1 aliphatic rings. The van der Waals surface area contributed by atoms with Crippen molar-refractivity contribution >= 4 is 23.0 Å². The molecule has 1 fully saturated rings. The van der Waals surface area contributed by atoms with Crippen molar-refractivity contribution in [2.75, 3.05) is 25.1 Å².